The van der Waals surface area contributed by atoms with E-state index in [4.69, 9.17) is 5.26 Å². The van der Waals surface area contributed by atoms with Crippen LogP contribution in [0.25, 0.3) is 0 Å². The van der Waals surface area contributed by atoms with E-state index < -0.39 is 16.1 Å². The Morgan fingerprint density at radius 1 is 1.73 bits per heavy atom. The average Bonchev–Trinajstić information content (AvgIpc) is 2.62. The average molecular weight is 228 g/mol. The van der Waals surface area contributed by atoms with E-state index in [-0.39, 0.29) is 5.03 Å². The Balaban J connectivity index is 2.90. The van der Waals surface area contributed by atoms with Crippen LogP contribution in [0.15, 0.2) is 17.6 Å². The Morgan fingerprint density at radius 2 is 2.40 bits per heavy atom. The van der Waals surface area contributed by atoms with Gasteiger partial charge in [-0.3, -0.25) is 0 Å². The molecule has 15 heavy (non-hydrogen) atoms. The van der Waals surface area contributed by atoms with Gasteiger partial charge in [-0.1, -0.05) is 6.92 Å². The number of nitrogens with zero attached hydrogens (tertiary/aromatic N) is 3. The number of sulfonamides is 1. The number of hydrogen-bond acceptors (Lipinski definition) is 4. The first-order valence-electron chi connectivity index (χ1n) is 4.39. The molecule has 0 amide bonds. The zero-order chi connectivity index (χ0) is 11.5. The van der Waals surface area contributed by atoms with Crippen LogP contribution in [-0.4, -0.2) is 24.0 Å². The summed E-state index contributed by atoms with van der Waals surface area (Å²) in [6.45, 7) is 1.73. The number of hydrogen-bond donors (Lipinski definition) is 1. The van der Waals surface area contributed by atoms with Crippen LogP contribution in [0.2, 0.25) is 0 Å². The summed E-state index contributed by atoms with van der Waals surface area (Å²) < 4.78 is 27.1. The second kappa shape index (κ2) is 4.42. The van der Waals surface area contributed by atoms with Gasteiger partial charge in [0.15, 0.2) is 5.03 Å². The molecule has 1 unspecified atom stereocenters. The SMILES string of the molecule is CCC(C#N)NS(=O)(=O)c1cn(C)cn1. The minimum absolute atomic E-state index is 0.0706. The molecule has 1 heterocycles. The molecule has 0 saturated heterocycles. The molecule has 0 aliphatic carbocycles. The number of rotatable bonds is 4. The van der Waals surface area contributed by atoms with Crippen molar-refractivity contribution in [2.75, 3.05) is 0 Å². The minimum atomic E-state index is -3.67. The largest absolute Gasteiger partial charge is 0.339 e. The molecule has 0 radical (unpaired) electrons. The highest BCUT2D eigenvalue weighted by atomic mass is 32.2. The summed E-state index contributed by atoms with van der Waals surface area (Å²) >= 11 is 0. The van der Waals surface area contributed by atoms with Gasteiger partial charge in [0.25, 0.3) is 10.0 Å². The fourth-order valence-electron chi connectivity index (χ4n) is 0.976. The van der Waals surface area contributed by atoms with E-state index in [1.807, 2.05) is 6.07 Å². The van der Waals surface area contributed by atoms with Crippen molar-refractivity contribution in [2.45, 2.75) is 24.4 Å². The molecule has 0 aromatic carbocycles. The fraction of sp³-hybridized carbons (Fsp3) is 0.500. The fourth-order valence-corrected chi connectivity index (χ4v) is 2.18. The standard InChI is InChI=1S/C8H12N4O2S/c1-3-7(4-9)11-15(13,14)8-5-12(2)6-10-8/h5-7,11H,3H2,1-2H3. The van der Waals surface area contributed by atoms with Gasteiger partial charge in [-0.05, 0) is 6.42 Å². The summed E-state index contributed by atoms with van der Waals surface area (Å²) in [5, 5.41) is 8.57. The third-order valence-electron chi connectivity index (χ3n) is 1.82. The van der Waals surface area contributed by atoms with Gasteiger partial charge in [0, 0.05) is 13.2 Å². The molecule has 1 aromatic heterocycles. The van der Waals surface area contributed by atoms with Crippen molar-refractivity contribution in [3.8, 4) is 6.07 Å². The maximum Gasteiger partial charge on any atom is 0.260 e. The molecular weight excluding hydrogens is 216 g/mol. The first-order chi connectivity index (χ1) is 6.99. The van der Waals surface area contributed by atoms with Crippen LogP contribution in [0.3, 0.4) is 0 Å². The second-order valence-electron chi connectivity index (χ2n) is 3.09. The van der Waals surface area contributed by atoms with E-state index in [1.165, 1.54) is 17.1 Å². The molecule has 82 valence electrons. The highest BCUT2D eigenvalue weighted by Crippen LogP contribution is 2.05. The van der Waals surface area contributed by atoms with Gasteiger partial charge in [0.1, 0.15) is 6.04 Å². The molecule has 1 N–H and O–H groups in total. The lowest BCUT2D eigenvalue weighted by Crippen LogP contribution is -2.33. The number of aryl methyl sites for hydroxylation is 1. The molecule has 6 nitrogen and oxygen atoms in total. The van der Waals surface area contributed by atoms with E-state index >= 15 is 0 Å². The van der Waals surface area contributed by atoms with Crippen molar-refractivity contribution >= 4 is 10.0 Å². The first kappa shape index (κ1) is 11.7. The van der Waals surface area contributed by atoms with Crippen LogP contribution in [0.1, 0.15) is 13.3 Å². The molecule has 1 aromatic rings. The molecule has 0 spiro atoms. The van der Waals surface area contributed by atoms with Crippen molar-refractivity contribution in [1.29, 1.82) is 5.26 Å². The van der Waals surface area contributed by atoms with Gasteiger partial charge >= 0.3 is 0 Å². The third-order valence-corrected chi connectivity index (χ3v) is 3.17. The molecule has 1 atom stereocenters. The van der Waals surface area contributed by atoms with Crippen LogP contribution >= 0.6 is 0 Å². The molecule has 0 saturated carbocycles. The number of nitrogens with one attached hydrogen (secondary N) is 1. The highest BCUT2D eigenvalue weighted by molar-refractivity contribution is 7.89. The van der Waals surface area contributed by atoms with E-state index in [9.17, 15) is 8.42 Å². The minimum Gasteiger partial charge on any atom is -0.339 e. The van der Waals surface area contributed by atoms with Gasteiger partial charge < -0.3 is 4.57 Å². The van der Waals surface area contributed by atoms with Crippen molar-refractivity contribution in [2.24, 2.45) is 7.05 Å². The highest BCUT2D eigenvalue weighted by Gasteiger charge is 2.20. The lowest BCUT2D eigenvalue weighted by Gasteiger charge is -2.07. The van der Waals surface area contributed by atoms with Gasteiger partial charge in [-0.2, -0.15) is 9.98 Å². The monoisotopic (exact) mass is 228 g/mol. The second-order valence-corrected chi connectivity index (χ2v) is 4.75. The van der Waals surface area contributed by atoms with E-state index in [2.05, 4.69) is 9.71 Å². The molecule has 7 heteroatoms. The summed E-state index contributed by atoms with van der Waals surface area (Å²) in [4.78, 5) is 3.71. The van der Waals surface area contributed by atoms with Crippen molar-refractivity contribution in [3.05, 3.63) is 12.5 Å². The maximum absolute atomic E-state index is 11.6. The normalized spacial score (nSPS) is 13.4. The quantitative estimate of drug-likeness (QED) is 0.785. The van der Waals surface area contributed by atoms with Crippen LogP contribution in [-0.2, 0) is 17.1 Å². The summed E-state index contributed by atoms with van der Waals surface area (Å²) in [7, 11) is -1.99. The van der Waals surface area contributed by atoms with Crippen molar-refractivity contribution in [1.82, 2.24) is 14.3 Å². The van der Waals surface area contributed by atoms with Gasteiger partial charge in [0.2, 0.25) is 0 Å². The van der Waals surface area contributed by atoms with E-state index in [0.717, 1.165) is 0 Å². The van der Waals surface area contributed by atoms with Crippen LogP contribution in [0.4, 0.5) is 0 Å². The van der Waals surface area contributed by atoms with Crippen molar-refractivity contribution in [3.63, 3.8) is 0 Å². The summed E-state index contributed by atoms with van der Waals surface area (Å²) in [5.41, 5.74) is 0. The summed E-state index contributed by atoms with van der Waals surface area (Å²) in [5.74, 6) is 0. The Morgan fingerprint density at radius 3 is 2.80 bits per heavy atom. The molecule has 1 rings (SSSR count). The predicted octanol–water partition coefficient (Wildman–Crippen LogP) is 0.000580. The molecular formula is C8H12N4O2S. The molecule has 0 aliphatic heterocycles. The number of nitriles is 1. The number of imidazole rings is 1. The van der Waals surface area contributed by atoms with Crippen LogP contribution < -0.4 is 4.72 Å². The predicted molar refractivity (Wildman–Crippen MR) is 53.2 cm³/mol. The van der Waals surface area contributed by atoms with E-state index in [1.54, 1.807) is 14.0 Å². The molecule has 0 bridgehead atoms. The molecule has 0 aliphatic rings. The van der Waals surface area contributed by atoms with Crippen LogP contribution in [0, 0.1) is 11.3 Å². The zero-order valence-electron chi connectivity index (χ0n) is 8.51. The van der Waals surface area contributed by atoms with Crippen molar-refractivity contribution < 1.29 is 8.42 Å². The van der Waals surface area contributed by atoms with E-state index in [0.29, 0.717) is 6.42 Å². The Kier molecular flexibility index (Phi) is 3.44. The summed E-state index contributed by atoms with van der Waals surface area (Å²) in [6.07, 6.45) is 3.19. The maximum atomic E-state index is 11.6. The van der Waals surface area contributed by atoms with Gasteiger partial charge in [0.05, 0.1) is 12.4 Å². The Bertz CT molecular complexity index is 471. The lowest BCUT2D eigenvalue weighted by molar-refractivity contribution is 0.566. The first-order valence-corrected chi connectivity index (χ1v) is 5.88. The Labute approximate surface area is 88.6 Å². The summed E-state index contributed by atoms with van der Waals surface area (Å²) in [6, 6.07) is 1.15. The van der Waals surface area contributed by atoms with Crippen LogP contribution in [0.5, 0.6) is 0 Å². The number of aromatic nitrogens is 2. The Hall–Kier alpha value is -1.39. The lowest BCUT2D eigenvalue weighted by atomic mass is 10.3. The smallest absolute Gasteiger partial charge is 0.260 e. The van der Waals surface area contributed by atoms with Gasteiger partial charge in [-0.15, -0.1) is 0 Å². The van der Waals surface area contributed by atoms with Gasteiger partial charge in [-0.25, -0.2) is 13.4 Å². The third kappa shape index (κ3) is 2.78. The molecule has 0 fully saturated rings. The topological polar surface area (TPSA) is 87.8 Å². The zero-order valence-corrected chi connectivity index (χ0v) is 9.32.